The molecule has 0 saturated carbocycles. The lowest BCUT2D eigenvalue weighted by molar-refractivity contribution is 0.243. The number of aromatic amines is 1. The van der Waals surface area contributed by atoms with Crippen LogP contribution in [0.25, 0.3) is 0 Å². The molecule has 0 fully saturated rings. The third kappa shape index (κ3) is 3.31. The lowest BCUT2D eigenvalue weighted by atomic mass is 10.1. The van der Waals surface area contributed by atoms with Gasteiger partial charge in [-0.3, -0.25) is 10.4 Å². The number of rotatable bonds is 1. The molecule has 0 radical (unpaired) electrons. The number of urea groups is 1. The highest BCUT2D eigenvalue weighted by molar-refractivity contribution is 5.89. The third-order valence-corrected chi connectivity index (χ3v) is 1.49. The molecule has 0 spiro atoms. The Labute approximate surface area is 87.7 Å². The van der Waals surface area contributed by atoms with Crippen LogP contribution in [0.5, 0.6) is 0 Å². The van der Waals surface area contributed by atoms with Crippen molar-refractivity contribution in [1.29, 1.82) is 5.26 Å². The second kappa shape index (κ2) is 4.00. The summed E-state index contributed by atoms with van der Waals surface area (Å²) >= 11 is 0. The Balaban J connectivity index is 2.64. The molecule has 0 aromatic carbocycles. The van der Waals surface area contributed by atoms with E-state index in [1.165, 1.54) is 6.20 Å². The minimum Gasteiger partial charge on any atom is -0.333 e. The maximum absolute atomic E-state index is 11.4. The molecule has 0 atom stereocenters. The van der Waals surface area contributed by atoms with Crippen molar-refractivity contribution in [3.63, 3.8) is 0 Å². The van der Waals surface area contributed by atoms with Crippen LogP contribution in [0.4, 0.5) is 10.6 Å². The summed E-state index contributed by atoms with van der Waals surface area (Å²) in [6, 6.07) is 1.54. The normalized spacial score (nSPS) is 10.5. The molecule has 1 aromatic rings. The SMILES string of the molecule is CC(C)(C)NC(=O)Nc1[nH]ncc1C#N. The first-order valence-electron chi connectivity index (χ1n) is 4.45. The first kappa shape index (κ1) is 11.0. The molecule has 6 heteroatoms. The average molecular weight is 207 g/mol. The molecule has 2 amide bonds. The molecule has 0 bridgehead atoms. The van der Waals surface area contributed by atoms with Crippen molar-refractivity contribution in [3.8, 4) is 6.07 Å². The van der Waals surface area contributed by atoms with Crippen molar-refractivity contribution in [2.75, 3.05) is 5.32 Å². The van der Waals surface area contributed by atoms with E-state index >= 15 is 0 Å². The molecular formula is C9H13N5O. The quantitative estimate of drug-likeness (QED) is 0.645. The van der Waals surface area contributed by atoms with Gasteiger partial charge in [0.2, 0.25) is 0 Å². The molecule has 3 N–H and O–H groups in total. The first-order valence-corrected chi connectivity index (χ1v) is 4.45. The van der Waals surface area contributed by atoms with Gasteiger partial charge < -0.3 is 5.32 Å². The fourth-order valence-corrected chi connectivity index (χ4v) is 0.952. The van der Waals surface area contributed by atoms with Crippen molar-refractivity contribution in [2.45, 2.75) is 26.3 Å². The second-order valence-corrected chi connectivity index (χ2v) is 4.10. The second-order valence-electron chi connectivity index (χ2n) is 4.10. The van der Waals surface area contributed by atoms with E-state index in [0.717, 1.165) is 0 Å². The molecule has 0 unspecified atom stereocenters. The molecular weight excluding hydrogens is 194 g/mol. The Hall–Kier alpha value is -2.03. The van der Waals surface area contributed by atoms with Gasteiger partial charge >= 0.3 is 6.03 Å². The molecule has 1 rings (SSSR count). The maximum atomic E-state index is 11.4. The lowest BCUT2D eigenvalue weighted by Gasteiger charge is -2.20. The molecule has 0 aliphatic carbocycles. The highest BCUT2D eigenvalue weighted by Crippen LogP contribution is 2.09. The smallest absolute Gasteiger partial charge is 0.320 e. The minimum atomic E-state index is -0.372. The largest absolute Gasteiger partial charge is 0.333 e. The Bertz CT molecular complexity index is 395. The Morgan fingerprint density at radius 3 is 2.80 bits per heavy atom. The van der Waals surface area contributed by atoms with Crippen LogP contribution in [0.3, 0.4) is 0 Å². The Morgan fingerprint density at radius 1 is 1.60 bits per heavy atom. The number of nitriles is 1. The fraction of sp³-hybridized carbons (Fsp3) is 0.444. The highest BCUT2D eigenvalue weighted by Gasteiger charge is 2.15. The van der Waals surface area contributed by atoms with Gasteiger partial charge in [-0.25, -0.2) is 4.79 Å². The molecule has 80 valence electrons. The average Bonchev–Trinajstić information content (AvgIpc) is 2.48. The van der Waals surface area contributed by atoms with Crippen LogP contribution >= 0.6 is 0 Å². The number of nitrogens with zero attached hydrogens (tertiary/aromatic N) is 2. The van der Waals surface area contributed by atoms with Crippen molar-refractivity contribution in [2.24, 2.45) is 0 Å². The molecule has 1 aromatic heterocycles. The van der Waals surface area contributed by atoms with E-state index in [2.05, 4.69) is 20.8 Å². The van der Waals surface area contributed by atoms with E-state index in [1.807, 2.05) is 26.8 Å². The minimum absolute atomic E-state index is 0.305. The number of amides is 2. The van der Waals surface area contributed by atoms with Crippen molar-refractivity contribution in [1.82, 2.24) is 15.5 Å². The van der Waals surface area contributed by atoms with Crippen molar-refractivity contribution >= 4 is 11.8 Å². The van der Waals surface area contributed by atoms with Crippen molar-refractivity contribution in [3.05, 3.63) is 11.8 Å². The molecule has 0 aliphatic heterocycles. The molecule has 15 heavy (non-hydrogen) atoms. The van der Waals surface area contributed by atoms with Crippen LogP contribution in [0.2, 0.25) is 0 Å². The molecule has 6 nitrogen and oxygen atoms in total. The number of H-pyrrole nitrogens is 1. The molecule has 1 heterocycles. The molecule has 0 saturated heterocycles. The number of hydrogen-bond donors (Lipinski definition) is 3. The monoisotopic (exact) mass is 207 g/mol. The summed E-state index contributed by atoms with van der Waals surface area (Å²) in [5.41, 5.74) is -0.0178. The van der Waals surface area contributed by atoms with Crippen LogP contribution in [-0.4, -0.2) is 21.8 Å². The highest BCUT2D eigenvalue weighted by atomic mass is 16.2. The summed E-state index contributed by atoms with van der Waals surface area (Å²) in [5.74, 6) is 0.305. The predicted molar refractivity (Wildman–Crippen MR) is 55.2 cm³/mol. The summed E-state index contributed by atoms with van der Waals surface area (Å²) in [6.45, 7) is 5.60. The van der Waals surface area contributed by atoms with Crippen LogP contribution in [0.15, 0.2) is 6.20 Å². The maximum Gasteiger partial charge on any atom is 0.320 e. The number of anilines is 1. The Morgan fingerprint density at radius 2 is 2.27 bits per heavy atom. The lowest BCUT2D eigenvalue weighted by Crippen LogP contribution is -2.43. The number of carbonyl (C=O) groups is 1. The third-order valence-electron chi connectivity index (χ3n) is 1.49. The van der Waals surface area contributed by atoms with E-state index in [-0.39, 0.29) is 11.6 Å². The van der Waals surface area contributed by atoms with Gasteiger partial charge in [0.15, 0.2) is 0 Å². The zero-order chi connectivity index (χ0) is 11.5. The Kier molecular flexibility index (Phi) is 2.95. The predicted octanol–water partition coefficient (Wildman–Crippen LogP) is 1.20. The topological polar surface area (TPSA) is 93.6 Å². The number of hydrogen-bond acceptors (Lipinski definition) is 3. The van der Waals surface area contributed by atoms with Crippen LogP contribution in [0, 0.1) is 11.3 Å². The van der Waals surface area contributed by atoms with Gasteiger partial charge in [0.25, 0.3) is 0 Å². The van der Waals surface area contributed by atoms with E-state index in [0.29, 0.717) is 11.4 Å². The van der Waals surface area contributed by atoms with E-state index in [4.69, 9.17) is 5.26 Å². The van der Waals surface area contributed by atoms with Gasteiger partial charge in [-0.1, -0.05) is 0 Å². The summed E-state index contributed by atoms with van der Waals surface area (Å²) < 4.78 is 0. The zero-order valence-corrected chi connectivity index (χ0v) is 8.88. The van der Waals surface area contributed by atoms with Gasteiger partial charge in [-0.2, -0.15) is 10.4 Å². The summed E-state index contributed by atoms with van der Waals surface area (Å²) in [4.78, 5) is 11.4. The summed E-state index contributed by atoms with van der Waals surface area (Å²) in [6.07, 6.45) is 1.35. The fourth-order valence-electron chi connectivity index (χ4n) is 0.952. The summed E-state index contributed by atoms with van der Waals surface area (Å²) in [5, 5.41) is 20.1. The zero-order valence-electron chi connectivity index (χ0n) is 8.88. The number of nitrogens with one attached hydrogen (secondary N) is 3. The van der Waals surface area contributed by atoms with Crippen LogP contribution in [-0.2, 0) is 0 Å². The van der Waals surface area contributed by atoms with Crippen LogP contribution in [0.1, 0.15) is 26.3 Å². The van der Waals surface area contributed by atoms with E-state index in [1.54, 1.807) is 0 Å². The number of aromatic nitrogens is 2. The van der Waals surface area contributed by atoms with Gasteiger partial charge in [0.1, 0.15) is 17.5 Å². The standard InChI is InChI=1S/C9H13N5O/c1-9(2,3)13-8(15)12-7-6(4-10)5-11-14-7/h5H,1-3H3,(H3,11,12,13,14,15). The molecule has 0 aliphatic rings. The van der Waals surface area contributed by atoms with Gasteiger partial charge in [-0.15, -0.1) is 0 Å². The van der Waals surface area contributed by atoms with Crippen molar-refractivity contribution < 1.29 is 4.79 Å². The summed E-state index contributed by atoms with van der Waals surface area (Å²) in [7, 11) is 0. The number of carbonyl (C=O) groups excluding carboxylic acids is 1. The first-order chi connectivity index (χ1) is 6.92. The van der Waals surface area contributed by atoms with E-state index in [9.17, 15) is 4.79 Å². The van der Waals surface area contributed by atoms with Gasteiger partial charge in [0, 0.05) is 5.54 Å². The van der Waals surface area contributed by atoms with Crippen LogP contribution < -0.4 is 10.6 Å². The van der Waals surface area contributed by atoms with Gasteiger partial charge in [-0.05, 0) is 20.8 Å². The van der Waals surface area contributed by atoms with E-state index < -0.39 is 0 Å². The van der Waals surface area contributed by atoms with Gasteiger partial charge in [0.05, 0.1) is 6.20 Å².